The van der Waals surface area contributed by atoms with Crippen molar-refractivity contribution in [2.75, 3.05) is 12.8 Å². The van der Waals surface area contributed by atoms with Crippen molar-refractivity contribution in [3.8, 4) is 11.5 Å². The van der Waals surface area contributed by atoms with Crippen LogP contribution in [-0.2, 0) is 6.61 Å². The van der Waals surface area contributed by atoms with Crippen LogP contribution in [0.1, 0.15) is 4.88 Å². The summed E-state index contributed by atoms with van der Waals surface area (Å²) in [6.07, 6.45) is 1.79. The predicted octanol–water partition coefficient (Wildman–Crippen LogP) is 2.31. The van der Waals surface area contributed by atoms with Crippen LogP contribution in [0.25, 0.3) is 0 Å². The first kappa shape index (κ1) is 10.8. The van der Waals surface area contributed by atoms with Gasteiger partial charge in [0.15, 0.2) is 0 Å². The van der Waals surface area contributed by atoms with E-state index < -0.39 is 0 Å². The number of anilines is 1. The quantitative estimate of drug-likeness (QED) is 0.828. The molecule has 0 aliphatic carbocycles. The summed E-state index contributed by atoms with van der Waals surface area (Å²) in [6.45, 7) is 0.510. The summed E-state index contributed by atoms with van der Waals surface area (Å²) >= 11 is 1.56. The number of rotatable bonds is 4. The molecule has 0 spiro atoms. The second-order valence-electron chi connectivity index (χ2n) is 3.16. The SMILES string of the molecule is COc1ccc(OCc2cncs2)cc1N. The van der Waals surface area contributed by atoms with Gasteiger partial charge in [-0.05, 0) is 12.1 Å². The van der Waals surface area contributed by atoms with E-state index in [9.17, 15) is 0 Å². The van der Waals surface area contributed by atoms with Gasteiger partial charge < -0.3 is 15.2 Å². The summed E-state index contributed by atoms with van der Waals surface area (Å²) in [4.78, 5) is 5.05. The molecule has 0 atom stereocenters. The zero-order chi connectivity index (χ0) is 11.4. The fraction of sp³-hybridized carbons (Fsp3) is 0.182. The number of hydrogen-bond donors (Lipinski definition) is 1. The first-order chi connectivity index (χ1) is 7.79. The molecule has 0 amide bonds. The molecule has 4 nitrogen and oxygen atoms in total. The van der Waals surface area contributed by atoms with E-state index in [4.69, 9.17) is 15.2 Å². The summed E-state index contributed by atoms with van der Waals surface area (Å²) in [5.41, 5.74) is 8.12. The van der Waals surface area contributed by atoms with Gasteiger partial charge in [0.05, 0.1) is 23.2 Å². The molecule has 0 bridgehead atoms. The average molecular weight is 236 g/mol. The number of benzene rings is 1. The van der Waals surface area contributed by atoms with Gasteiger partial charge in [-0.25, -0.2) is 0 Å². The molecule has 0 fully saturated rings. The minimum Gasteiger partial charge on any atom is -0.495 e. The third-order valence-electron chi connectivity index (χ3n) is 2.07. The first-order valence-corrected chi connectivity index (χ1v) is 5.61. The second-order valence-corrected chi connectivity index (χ2v) is 4.13. The van der Waals surface area contributed by atoms with E-state index in [2.05, 4.69) is 4.98 Å². The fourth-order valence-electron chi connectivity index (χ4n) is 1.27. The maximum Gasteiger partial charge on any atom is 0.142 e. The predicted molar refractivity (Wildman–Crippen MR) is 63.9 cm³/mol. The molecule has 0 unspecified atom stereocenters. The Kier molecular flexibility index (Phi) is 3.26. The van der Waals surface area contributed by atoms with Crippen molar-refractivity contribution in [2.45, 2.75) is 6.61 Å². The summed E-state index contributed by atoms with van der Waals surface area (Å²) < 4.78 is 10.6. The zero-order valence-electron chi connectivity index (χ0n) is 8.84. The van der Waals surface area contributed by atoms with Gasteiger partial charge in [0, 0.05) is 12.3 Å². The topological polar surface area (TPSA) is 57.4 Å². The molecule has 2 aromatic rings. The summed E-state index contributed by atoms with van der Waals surface area (Å²) in [6, 6.07) is 5.37. The molecule has 16 heavy (non-hydrogen) atoms. The molecule has 1 heterocycles. The molecule has 1 aromatic heterocycles. The summed E-state index contributed by atoms with van der Waals surface area (Å²) in [5.74, 6) is 1.39. The highest BCUT2D eigenvalue weighted by molar-refractivity contribution is 7.09. The van der Waals surface area contributed by atoms with Crippen molar-refractivity contribution in [1.29, 1.82) is 0 Å². The Bertz CT molecular complexity index is 457. The second kappa shape index (κ2) is 4.85. The molecule has 0 aliphatic heterocycles. The van der Waals surface area contributed by atoms with Crippen molar-refractivity contribution < 1.29 is 9.47 Å². The Morgan fingerprint density at radius 3 is 2.94 bits per heavy atom. The standard InChI is InChI=1S/C11H12N2O2S/c1-14-11-3-2-8(4-10(11)12)15-6-9-5-13-7-16-9/h2-5,7H,6,12H2,1H3. The number of aromatic nitrogens is 1. The van der Waals surface area contributed by atoms with Crippen LogP contribution in [0.3, 0.4) is 0 Å². The number of nitrogens with zero attached hydrogens (tertiary/aromatic N) is 1. The van der Waals surface area contributed by atoms with E-state index >= 15 is 0 Å². The number of hydrogen-bond acceptors (Lipinski definition) is 5. The maximum atomic E-state index is 5.77. The Morgan fingerprint density at radius 1 is 1.44 bits per heavy atom. The van der Waals surface area contributed by atoms with Crippen molar-refractivity contribution in [3.63, 3.8) is 0 Å². The van der Waals surface area contributed by atoms with Crippen LogP contribution in [0.15, 0.2) is 29.9 Å². The van der Waals surface area contributed by atoms with Gasteiger partial charge >= 0.3 is 0 Å². The normalized spacial score (nSPS) is 10.1. The number of nitrogens with two attached hydrogens (primary N) is 1. The van der Waals surface area contributed by atoms with Crippen LogP contribution in [0.4, 0.5) is 5.69 Å². The Labute approximate surface area is 97.6 Å². The zero-order valence-corrected chi connectivity index (χ0v) is 9.66. The van der Waals surface area contributed by atoms with Crippen LogP contribution in [-0.4, -0.2) is 12.1 Å². The lowest BCUT2D eigenvalue weighted by Gasteiger charge is -2.08. The van der Waals surface area contributed by atoms with Crippen LogP contribution in [0.2, 0.25) is 0 Å². The number of thiazole rings is 1. The monoisotopic (exact) mass is 236 g/mol. The molecule has 5 heteroatoms. The van der Waals surface area contributed by atoms with E-state index in [0.717, 1.165) is 10.6 Å². The van der Waals surface area contributed by atoms with Gasteiger partial charge in [0.2, 0.25) is 0 Å². The molecule has 84 valence electrons. The average Bonchev–Trinajstić information content (AvgIpc) is 2.79. The van der Waals surface area contributed by atoms with E-state index in [-0.39, 0.29) is 0 Å². The molecule has 0 aliphatic rings. The molecule has 1 aromatic carbocycles. The minimum absolute atomic E-state index is 0.510. The lowest BCUT2D eigenvalue weighted by atomic mass is 10.3. The molecule has 2 rings (SSSR count). The van der Waals surface area contributed by atoms with Crippen LogP contribution in [0.5, 0.6) is 11.5 Å². The van der Waals surface area contributed by atoms with Crippen LogP contribution in [0, 0.1) is 0 Å². The minimum atomic E-state index is 0.510. The lowest BCUT2D eigenvalue weighted by molar-refractivity contribution is 0.309. The lowest BCUT2D eigenvalue weighted by Crippen LogP contribution is -1.96. The highest BCUT2D eigenvalue weighted by atomic mass is 32.1. The van der Waals surface area contributed by atoms with Gasteiger partial charge in [-0.15, -0.1) is 11.3 Å². The third kappa shape index (κ3) is 2.43. The first-order valence-electron chi connectivity index (χ1n) is 4.73. The maximum absolute atomic E-state index is 5.77. The molecule has 0 saturated heterocycles. The Balaban J connectivity index is 2.02. The highest BCUT2D eigenvalue weighted by Gasteiger charge is 2.02. The molecular formula is C11H12N2O2S. The van der Waals surface area contributed by atoms with E-state index in [1.807, 2.05) is 6.07 Å². The van der Waals surface area contributed by atoms with Crippen molar-refractivity contribution in [3.05, 3.63) is 34.8 Å². The summed E-state index contributed by atoms with van der Waals surface area (Å²) in [5, 5.41) is 0. The third-order valence-corrected chi connectivity index (χ3v) is 2.82. The van der Waals surface area contributed by atoms with Gasteiger partial charge in [-0.2, -0.15) is 0 Å². The Hall–Kier alpha value is -1.75. The van der Waals surface area contributed by atoms with Gasteiger partial charge in [0.25, 0.3) is 0 Å². The van der Waals surface area contributed by atoms with Gasteiger partial charge in [-0.1, -0.05) is 0 Å². The number of methoxy groups -OCH3 is 1. The highest BCUT2D eigenvalue weighted by Crippen LogP contribution is 2.26. The van der Waals surface area contributed by atoms with E-state index in [1.54, 1.807) is 42.3 Å². The summed E-state index contributed by atoms with van der Waals surface area (Å²) in [7, 11) is 1.59. The fourth-order valence-corrected chi connectivity index (χ4v) is 1.78. The molecule has 2 N–H and O–H groups in total. The Morgan fingerprint density at radius 2 is 2.31 bits per heavy atom. The van der Waals surface area contributed by atoms with Gasteiger partial charge in [-0.3, -0.25) is 4.98 Å². The molecule has 0 saturated carbocycles. The smallest absolute Gasteiger partial charge is 0.142 e. The van der Waals surface area contributed by atoms with Gasteiger partial charge in [0.1, 0.15) is 18.1 Å². The van der Waals surface area contributed by atoms with E-state index in [1.165, 1.54) is 0 Å². The number of nitrogen functional groups attached to an aromatic ring is 1. The van der Waals surface area contributed by atoms with E-state index in [0.29, 0.717) is 18.0 Å². The van der Waals surface area contributed by atoms with Crippen LogP contribution < -0.4 is 15.2 Å². The van der Waals surface area contributed by atoms with Crippen molar-refractivity contribution >= 4 is 17.0 Å². The van der Waals surface area contributed by atoms with Crippen molar-refractivity contribution in [2.24, 2.45) is 0 Å². The van der Waals surface area contributed by atoms with Crippen molar-refractivity contribution in [1.82, 2.24) is 4.98 Å². The van der Waals surface area contributed by atoms with Crippen LogP contribution >= 0.6 is 11.3 Å². The number of ether oxygens (including phenoxy) is 2. The molecule has 0 radical (unpaired) electrons. The molecular weight excluding hydrogens is 224 g/mol. The largest absolute Gasteiger partial charge is 0.495 e.